The number of ether oxygens (including phenoxy) is 3. The minimum absolute atomic E-state index is 0. The lowest BCUT2D eigenvalue weighted by Crippen LogP contribution is -2.42. The van der Waals surface area contributed by atoms with Crippen molar-refractivity contribution in [1.82, 2.24) is 10.6 Å². The highest BCUT2D eigenvalue weighted by atomic mass is 127. The van der Waals surface area contributed by atoms with Crippen LogP contribution in [0.25, 0.3) is 0 Å². The molecule has 6 nitrogen and oxygen atoms in total. The number of nitrogens with zero attached hydrogens (tertiary/aromatic N) is 1. The lowest BCUT2D eigenvalue weighted by Gasteiger charge is -2.18. The Morgan fingerprint density at radius 3 is 2.96 bits per heavy atom. The first-order valence-corrected chi connectivity index (χ1v) is 8.73. The van der Waals surface area contributed by atoms with E-state index in [1.807, 2.05) is 6.92 Å². The minimum Gasteiger partial charge on any atom is -0.489 e. The summed E-state index contributed by atoms with van der Waals surface area (Å²) in [6.45, 7) is 5.47. The second kappa shape index (κ2) is 13.1. The Kier molecular flexibility index (Phi) is 11.5. The molecule has 0 bridgehead atoms. The van der Waals surface area contributed by atoms with Crippen molar-refractivity contribution >= 4 is 29.9 Å². The van der Waals surface area contributed by atoms with Crippen LogP contribution in [-0.4, -0.2) is 58.1 Å². The maximum Gasteiger partial charge on any atom is 0.191 e. The van der Waals surface area contributed by atoms with E-state index in [0.29, 0.717) is 31.5 Å². The maximum absolute atomic E-state index is 13.1. The van der Waals surface area contributed by atoms with E-state index in [1.54, 1.807) is 19.2 Å². The van der Waals surface area contributed by atoms with Gasteiger partial charge in [-0.25, -0.2) is 4.39 Å². The molecule has 0 aromatic heterocycles. The average Bonchev–Trinajstić information content (AvgIpc) is 3.10. The molecule has 1 heterocycles. The second-order valence-corrected chi connectivity index (χ2v) is 5.98. The number of halogens is 2. The van der Waals surface area contributed by atoms with Crippen molar-refractivity contribution in [2.75, 3.05) is 40.0 Å². The van der Waals surface area contributed by atoms with E-state index < -0.39 is 0 Å². The summed E-state index contributed by atoms with van der Waals surface area (Å²) in [4.78, 5) is 4.17. The summed E-state index contributed by atoms with van der Waals surface area (Å²) < 4.78 is 29.8. The van der Waals surface area contributed by atoms with Crippen molar-refractivity contribution in [3.63, 3.8) is 0 Å². The van der Waals surface area contributed by atoms with E-state index in [4.69, 9.17) is 14.2 Å². The van der Waals surface area contributed by atoms with E-state index >= 15 is 0 Å². The second-order valence-electron chi connectivity index (χ2n) is 5.98. The molecule has 0 saturated carbocycles. The van der Waals surface area contributed by atoms with Gasteiger partial charge in [-0.2, -0.15) is 0 Å². The molecule has 1 aliphatic heterocycles. The van der Waals surface area contributed by atoms with Gasteiger partial charge < -0.3 is 24.8 Å². The van der Waals surface area contributed by atoms with Gasteiger partial charge in [-0.3, -0.25) is 4.99 Å². The highest BCUT2D eigenvalue weighted by Crippen LogP contribution is 2.13. The third-order valence-corrected chi connectivity index (χ3v) is 3.77. The van der Waals surface area contributed by atoms with Crippen LogP contribution in [0.1, 0.15) is 19.8 Å². The summed E-state index contributed by atoms with van der Waals surface area (Å²) in [5.41, 5.74) is 0. The molecule has 1 aliphatic rings. The van der Waals surface area contributed by atoms with Crippen molar-refractivity contribution in [2.45, 2.75) is 32.0 Å². The minimum atomic E-state index is -0.304. The van der Waals surface area contributed by atoms with Gasteiger partial charge in [0.2, 0.25) is 0 Å². The third-order valence-electron chi connectivity index (χ3n) is 3.77. The molecular weight excluding hydrogens is 452 g/mol. The molecule has 1 aromatic rings. The molecule has 148 valence electrons. The summed E-state index contributed by atoms with van der Waals surface area (Å²) >= 11 is 0. The maximum atomic E-state index is 13.1. The number of aliphatic imine (C=N–C) groups is 1. The number of rotatable bonds is 9. The van der Waals surface area contributed by atoms with Gasteiger partial charge in [0.25, 0.3) is 0 Å². The smallest absolute Gasteiger partial charge is 0.191 e. The molecule has 0 radical (unpaired) electrons. The normalized spacial score (nSPS) is 18.1. The SMILES string of the molecule is CN=C(NCCCOC1CCOC1)NCC(C)Oc1cccc(F)c1.I. The van der Waals surface area contributed by atoms with Crippen LogP contribution < -0.4 is 15.4 Å². The van der Waals surface area contributed by atoms with Gasteiger partial charge in [-0.1, -0.05) is 6.07 Å². The van der Waals surface area contributed by atoms with Crippen LogP contribution in [-0.2, 0) is 9.47 Å². The quantitative estimate of drug-likeness (QED) is 0.246. The molecule has 2 rings (SSSR count). The fourth-order valence-corrected chi connectivity index (χ4v) is 2.45. The van der Waals surface area contributed by atoms with Crippen molar-refractivity contribution < 1.29 is 18.6 Å². The molecule has 1 fully saturated rings. The standard InChI is InChI=1S/C18H28FN3O3.HI/c1-14(25-16-6-3-5-15(19)11-16)12-22-18(20-2)21-8-4-9-24-17-7-10-23-13-17;/h3,5-6,11,14,17H,4,7-10,12-13H2,1-2H3,(H2,20,21,22);1H. The Morgan fingerprint density at radius 2 is 2.27 bits per heavy atom. The van der Waals surface area contributed by atoms with E-state index in [0.717, 1.165) is 26.0 Å². The predicted molar refractivity (Wildman–Crippen MR) is 111 cm³/mol. The number of guanidine groups is 1. The molecular formula is C18H29FIN3O3. The Labute approximate surface area is 171 Å². The van der Waals surface area contributed by atoms with E-state index in [1.165, 1.54) is 12.1 Å². The Morgan fingerprint density at radius 1 is 1.42 bits per heavy atom. The Hall–Kier alpha value is -1.13. The molecule has 1 saturated heterocycles. The average molecular weight is 481 g/mol. The molecule has 0 spiro atoms. The van der Waals surface area contributed by atoms with Gasteiger partial charge in [-0.05, 0) is 31.9 Å². The van der Waals surface area contributed by atoms with Gasteiger partial charge in [0.15, 0.2) is 5.96 Å². The van der Waals surface area contributed by atoms with E-state index in [-0.39, 0.29) is 42.0 Å². The molecule has 8 heteroatoms. The fraction of sp³-hybridized carbons (Fsp3) is 0.611. The van der Waals surface area contributed by atoms with Crippen LogP contribution in [0.2, 0.25) is 0 Å². The van der Waals surface area contributed by atoms with Gasteiger partial charge in [-0.15, -0.1) is 24.0 Å². The number of nitrogens with one attached hydrogen (secondary N) is 2. The molecule has 2 unspecified atom stereocenters. The molecule has 2 atom stereocenters. The number of hydrogen-bond acceptors (Lipinski definition) is 4. The van der Waals surface area contributed by atoms with Crippen molar-refractivity contribution in [3.8, 4) is 5.75 Å². The van der Waals surface area contributed by atoms with Gasteiger partial charge in [0.05, 0.1) is 19.3 Å². The molecule has 0 amide bonds. The monoisotopic (exact) mass is 481 g/mol. The van der Waals surface area contributed by atoms with Crippen LogP contribution in [0.15, 0.2) is 29.3 Å². The van der Waals surface area contributed by atoms with Crippen molar-refractivity contribution in [1.29, 1.82) is 0 Å². The van der Waals surface area contributed by atoms with Crippen LogP contribution >= 0.6 is 24.0 Å². The van der Waals surface area contributed by atoms with E-state index in [9.17, 15) is 4.39 Å². The summed E-state index contributed by atoms with van der Waals surface area (Å²) in [6, 6.07) is 6.14. The van der Waals surface area contributed by atoms with E-state index in [2.05, 4.69) is 15.6 Å². The summed E-state index contributed by atoms with van der Waals surface area (Å²) in [6.07, 6.45) is 2.01. The summed E-state index contributed by atoms with van der Waals surface area (Å²) in [5.74, 6) is 0.922. The molecule has 2 N–H and O–H groups in total. The first-order valence-electron chi connectivity index (χ1n) is 8.73. The lowest BCUT2D eigenvalue weighted by atomic mass is 10.3. The third kappa shape index (κ3) is 9.00. The van der Waals surface area contributed by atoms with Gasteiger partial charge in [0, 0.05) is 32.9 Å². The molecule has 0 aliphatic carbocycles. The van der Waals surface area contributed by atoms with Crippen molar-refractivity contribution in [3.05, 3.63) is 30.1 Å². The number of benzene rings is 1. The van der Waals surface area contributed by atoms with Crippen LogP contribution in [0, 0.1) is 5.82 Å². The topological polar surface area (TPSA) is 64.1 Å². The lowest BCUT2D eigenvalue weighted by molar-refractivity contribution is 0.0420. The summed E-state index contributed by atoms with van der Waals surface area (Å²) in [5, 5.41) is 6.43. The molecule has 1 aromatic carbocycles. The fourth-order valence-electron chi connectivity index (χ4n) is 2.45. The highest BCUT2D eigenvalue weighted by Gasteiger charge is 2.15. The van der Waals surface area contributed by atoms with Crippen LogP contribution in [0.4, 0.5) is 4.39 Å². The first-order chi connectivity index (χ1) is 12.2. The van der Waals surface area contributed by atoms with Crippen molar-refractivity contribution in [2.24, 2.45) is 4.99 Å². The van der Waals surface area contributed by atoms with Gasteiger partial charge >= 0.3 is 0 Å². The summed E-state index contributed by atoms with van der Waals surface area (Å²) in [7, 11) is 1.72. The Bertz CT molecular complexity index is 542. The Balaban J connectivity index is 0.00000338. The predicted octanol–water partition coefficient (Wildman–Crippen LogP) is 2.57. The first kappa shape index (κ1) is 22.9. The number of hydrogen-bond donors (Lipinski definition) is 2. The zero-order valence-electron chi connectivity index (χ0n) is 15.4. The zero-order valence-corrected chi connectivity index (χ0v) is 17.7. The van der Waals surface area contributed by atoms with Crippen LogP contribution in [0.5, 0.6) is 5.75 Å². The highest BCUT2D eigenvalue weighted by molar-refractivity contribution is 14.0. The largest absolute Gasteiger partial charge is 0.489 e. The molecule has 26 heavy (non-hydrogen) atoms. The van der Waals surface area contributed by atoms with Crippen LogP contribution in [0.3, 0.4) is 0 Å². The van der Waals surface area contributed by atoms with Gasteiger partial charge in [0.1, 0.15) is 17.7 Å². The zero-order chi connectivity index (χ0) is 17.9.